The molecule has 1 fully saturated rings. The molecule has 2 atom stereocenters. The molecule has 0 amide bonds. The van der Waals surface area contributed by atoms with E-state index >= 15 is 0 Å². The first kappa shape index (κ1) is 12.4. The second kappa shape index (κ2) is 6.01. The average Bonchev–Trinajstić information content (AvgIpc) is 2.84. The van der Waals surface area contributed by atoms with Crippen molar-refractivity contribution in [3.05, 3.63) is 24.0 Å². The summed E-state index contributed by atoms with van der Waals surface area (Å²) in [5, 5.41) is 3.46. The minimum absolute atomic E-state index is 0.560. The van der Waals surface area contributed by atoms with Gasteiger partial charge in [-0.15, -0.1) is 0 Å². The third-order valence-corrected chi connectivity index (χ3v) is 3.69. The Morgan fingerprint density at radius 1 is 1.47 bits per heavy atom. The number of aromatic nitrogens is 1. The van der Waals surface area contributed by atoms with Crippen molar-refractivity contribution in [2.45, 2.75) is 32.1 Å². The van der Waals surface area contributed by atoms with Gasteiger partial charge in [0.05, 0.1) is 12.8 Å². The number of nitrogens with zero attached hydrogens (tertiary/aromatic N) is 1. The smallest absolute Gasteiger partial charge is 0.140 e. The largest absolute Gasteiger partial charge is 0.495 e. The van der Waals surface area contributed by atoms with Gasteiger partial charge in [-0.05, 0) is 44.0 Å². The molecule has 2 unspecified atom stereocenters. The molecule has 0 aliphatic heterocycles. The second-order valence-electron chi connectivity index (χ2n) is 4.70. The molecule has 0 radical (unpaired) electrons. The van der Waals surface area contributed by atoms with Crippen molar-refractivity contribution in [3.8, 4) is 5.75 Å². The van der Waals surface area contributed by atoms with Crippen molar-refractivity contribution in [2.75, 3.05) is 20.2 Å². The normalized spacial score (nSPS) is 23.9. The first-order valence-corrected chi connectivity index (χ1v) is 6.56. The van der Waals surface area contributed by atoms with Gasteiger partial charge in [-0.3, -0.25) is 4.98 Å². The summed E-state index contributed by atoms with van der Waals surface area (Å²) >= 11 is 0. The molecular weight excluding hydrogens is 212 g/mol. The predicted octanol–water partition coefficient (Wildman–Crippen LogP) is 2.58. The first-order valence-electron chi connectivity index (χ1n) is 6.56. The molecule has 1 aromatic heterocycles. The summed E-state index contributed by atoms with van der Waals surface area (Å²) < 4.78 is 5.43. The summed E-state index contributed by atoms with van der Waals surface area (Å²) in [6.45, 7) is 4.30. The molecule has 0 spiro atoms. The molecule has 0 bridgehead atoms. The number of rotatable bonds is 5. The molecule has 0 aromatic carbocycles. The Balaban J connectivity index is 2.14. The lowest BCUT2D eigenvalue weighted by molar-refractivity contribution is 0.384. The zero-order chi connectivity index (χ0) is 12.1. The van der Waals surface area contributed by atoms with E-state index in [-0.39, 0.29) is 0 Å². The van der Waals surface area contributed by atoms with Gasteiger partial charge in [0.1, 0.15) is 5.75 Å². The lowest BCUT2D eigenvalue weighted by Gasteiger charge is -2.21. The standard InChI is InChI=1S/C14H22N2O/c1-3-15-10-11-6-4-7-12(11)14-13(17-2)8-5-9-16-14/h5,8-9,11-12,15H,3-4,6-7,10H2,1-2H3. The van der Waals surface area contributed by atoms with Crippen molar-refractivity contribution < 1.29 is 4.74 Å². The van der Waals surface area contributed by atoms with Crippen molar-refractivity contribution >= 4 is 0 Å². The van der Waals surface area contributed by atoms with E-state index in [1.165, 1.54) is 19.3 Å². The van der Waals surface area contributed by atoms with E-state index in [1.54, 1.807) is 7.11 Å². The summed E-state index contributed by atoms with van der Waals surface area (Å²) in [6.07, 6.45) is 5.72. The highest BCUT2D eigenvalue weighted by atomic mass is 16.5. The van der Waals surface area contributed by atoms with Gasteiger partial charge < -0.3 is 10.1 Å². The fourth-order valence-corrected chi connectivity index (χ4v) is 2.82. The van der Waals surface area contributed by atoms with Gasteiger partial charge in [0.25, 0.3) is 0 Å². The van der Waals surface area contributed by atoms with Crippen LogP contribution in [0.15, 0.2) is 18.3 Å². The van der Waals surface area contributed by atoms with Crippen LogP contribution in [0.5, 0.6) is 5.75 Å². The van der Waals surface area contributed by atoms with E-state index in [4.69, 9.17) is 4.74 Å². The Morgan fingerprint density at radius 3 is 3.12 bits per heavy atom. The monoisotopic (exact) mass is 234 g/mol. The third kappa shape index (κ3) is 2.78. The summed E-state index contributed by atoms with van der Waals surface area (Å²) in [5.74, 6) is 2.21. The summed E-state index contributed by atoms with van der Waals surface area (Å²) in [6, 6.07) is 3.96. The highest BCUT2D eigenvalue weighted by Crippen LogP contribution is 2.41. The van der Waals surface area contributed by atoms with Gasteiger partial charge >= 0.3 is 0 Å². The number of methoxy groups -OCH3 is 1. The lowest BCUT2D eigenvalue weighted by atomic mass is 9.92. The third-order valence-electron chi connectivity index (χ3n) is 3.69. The highest BCUT2D eigenvalue weighted by Gasteiger charge is 2.31. The fourth-order valence-electron chi connectivity index (χ4n) is 2.82. The lowest BCUT2D eigenvalue weighted by Crippen LogP contribution is -2.24. The Bertz CT molecular complexity index is 354. The number of ether oxygens (including phenoxy) is 1. The molecule has 0 saturated heterocycles. The number of hydrogen-bond acceptors (Lipinski definition) is 3. The van der Waals surface area contributed by atoms with Crippen LogP contribution in [0.1, 0.15) is 37.8 Å². The molecule has 3 nitrogen and oxygen atoms in total. The van der Waals surface area contributed by atoms with Crippen LogP contribution < -0.4 is 10.1 Å². The minimum Gasteiger partial charge on any atom is -0.495 e. The van der Waals surface area contributed by atoms with Crippen LogP contribution in [-0.4, -0.2) is 25.2 Å². The second-order valence-corrected chi connectivity index (χ2v) is 4.70. The molecule has 2 rings (SSSR count). The SMILES string of the molecule is CCNCC1CCCC1c1ncccc1OC. The maximum Gasteiger partial charge on any atom is 0.140 e. The predicted molar refractivity (Wildman–Crippen MR) is 69.4 cm³/mol. The zero-order valence-electron chi connectivity index (χ0n) is 10.8. The molecule has 1 heterocycles. The molecule has 94 valence electrons. The first-order chi connectivity index (χ1) is 8.36. The topological polar surface area (TPSA) is 34.2 Å². The maximum atomic E-state index is 5.43. The maximum absolute atomic E-state index is 5.43. The van der Waals surface area contributed by atoms with Gasteiger partial charge in [0, 0.05) is 12.1 Å². The Hall–Kier alpha value is -1.09. The average molecular weight is 234 g/mol. The van der Waals surface area contributed by atoms with Crippen molar-refractivity contribution in [1.29, 1.82) is 0 Å². The highest BCUT2D eigenvalue weighted by molar-refractivity contribution is 5.31. The van der Waals surface area contributed by atoms with E-state index in [9.17, 15) is 0 Å². The molecular formula is C14H22N2O. The minimum atomic E-state index is 0.560. The van der Waals surface area contributed by atoms with Crippen LogP contribution in [0.2, 0.25) is 0 Å². The van der Waals surface area contributed by atoms with Gasteiger partial charge in [-0.25, -0.2) is 0 Å². The van der Waals surface area contributed by atoms with Gasteiger partial charge in [0.2, 0.25) is 0 Å². The van der Waals surface area contributed by atoms with Crippen molar-refractivity contribution in [1.82, 2.24) is 10.3 Å². The van der Waals surface area contributed by atoms with E-state index in [0.717, 1.165) is 24.5 Å². The van der Waals surface area contributed by atoms with Crippen LogP contribution in [0.25, 0.3) is 0 Å². The molecule has 1 N–H and O–H groups in total. The molecule has 1 aromatic rings. The van der Waals surface area contributed by atoms with Gasteiger partial charge in [0.15, 0.2) is 0 Å². The van der Waals surface area contributed by atoms with E-state index < -0.39 is 0 Å². The summed E-state index contributed by atoms with van der Waals surface area (Å²) in [5.41, 5.74) is 1.15. The van der Waals surface area contributed by atoms with E-state index in [1.807, 2.05) is 18.3 Å². The summed E-state index contributed by atoms with van der Waals surface area (Å²) in [4.78, 5) is 4.54. The van der Waals surface area contributed by atoms with Crippen LogP contribution in [0.4, 0.5) is 0 Å². The molecule has 1 aliphatic rings. The van der Waals surface area contributed by atoms with E-state index in [0.29, 0.717) is 11.8 Å². The van der Waals surface area contributed by atoms with Gasteiger partial charge in [-0.2, -0.15) is 0 Å². The fraction of sp³-hybridized carbons (Fsp3) is 0.643. The number of pyridine rings is 1. The van der Waals surface area contributed by atoms with E-state index in [2.05, 4.69) is 17.2 Å². The van der Waals surface area contributed by atoms with Crippen LogP contribution in [0.3, 0.4) is 0 Å². The molecule has 1 aliphatic carbocycles. The van der Waals surface area contributed by atoms with Crippen molar-refractivity contribution in [3.63, 3.8) is 0 Å². The number of nitrogens with one attached hydrogen (secondary N) is 1. The Morgan fingerprint density at radius 2 is 2.35 bits per heavy atom. The molecule has 1 saturated carbocycles. The van der Waals surface area contributed by atoms with Crippen LogP contribution >= 0.6 is 0 Å². The van der Waals surface area contributed by atoms with Crippen LogP contribution in [0, 0.1) is 5.92 Å². The van der Waals surface area contributed by atoms with Gasteiger partial charge in [-0.1, -0.05) is 13.3 Å². The summed E-state index contributed by atoms with van der Waals surface area (Å²) in [7, 11) is 1.73. The Labute approximate surface area is 104 Å². The zero-order valence-corrected chi connectivity index (χ0v) is 10.8. The van der Waals surface area contributed by atoms with Crippen molar-refractivity contribution in [2.24, 2.45) is 5.92 Å². The quantitative estimate of drug-likeness (QED) is 0.850. The molecule has 17 heavy (non-hydrogen) atoms. The van der Waals surface area contributed by atoms with Crippen LogP contribution in [-0.2, 0) is 0 Å². The Kier molecular flexibility index (Phi) is 4.37. The number of hydrogen-bond donors (Lipinski definition) is 1. The molecule has 3 heteroatoms.